The van der Waals surface area contributed by atoms with Crippen molar-refractivity contribution in [2.45, 2.75) is 0 Å². The standard InChI is InChI=1S/C14H8F2O6/c15-21-11-9(5-6-10(14(19)20)12(11)22-16)7-1-3-8(4-2-7)13(17)18/h1-6H,(H,17,18)(H,19,20). The number of rotatable bonds is 5. The van der Waals surface area contributed by atoms with Crippen LogP contribution in [0.1, 0.15) is 20.7 Å². The van der Waals surface area contributed by atoms with Gasteiger partial charge in [0.2, 0.25) is 11.5 Å². The third-order valence-corrected chi connectivity index (χ3v) is 2.94. The normalized spacial score (nSPS) is 10.1. The topological polar surface area (TPSA) is 93.1 Å². The molecular formula is C14H8F2O6. The molecule has 0 heterocycles. The molecule has 0 saturated carbocycles. The van der Waals surface area contributed by atoms with Crippen LogP contribution in [0.5, 0.6) is 11.5 Å². The lowest BCUT2D eigenvalue weighted by molar-refractivity contribution is -0.0390. The second kappa shape index (κ2) is 6.08. The van der Waals surface area contributed by atoms with Gasteiger partial charge in [0.15, 0.2) is 0 Å². The summed E-state index contributed by atoms with van der Waals surface area (Å²) in [6, 6.07) is 7.38. The van der Waals surface area contributed by atoms with Crippen molar-refractivity contribution in [2.75, 3.05) is 0 Å². The molecule has 2 aromatic carbocycles. The Morgan fingerprint density at radius 2 is 1.41 bits per heavy atom. The van der Waals surface area contributed by atoms with Crippen LogP contribution in [0, 0.1) is 0 Å². The Morgan fingerprint density at radius 3 is 1.86 bits per heavy atom. The molecule has 0 saturated heterocycles. The van der Waals surface area contributed by atoms with Gasteiger partial charge in [-0.25, -0.2) is 9.59 Å². The van der Waals surface area contributed by atoms with Crippen molar-refractivity contribution in [1.29, 1.82) is 0 Å². The van der Waals surface area contributed by atoms with E-state index in [9.17, 15) is 18.6 Å². The number of carboxylic acids is 2. The summed E-state index contributed by atoms with van der Waals surface area (Å²) in [4.78, 5) is 28.7. The van der Waals surface area contributed by atoms with E-state index >= 15 is 0 Å². The number of benzene rings is 2. The zero-order chi connectivity index (χ0) is 16.3. The second-order valence-corrected chi connectivity index (χ2v) is 4.16. The van der Waals surface area contributed by atoms with Gasteiger partial charge >= 0.3 is 11.9 Å². The van der Waals surface area contributed by atoms with E-state index in [-0.39, 0.29) is 16.7 Å². The Bertz CT molecular complexity index is 727. The Hall–Kier alpha value is -3.16. The van der Waals surface area contributed by atoms with Gasteiger partial charge in [-0.05, 0) is 29.8 Å². The van der Waals surface area contributed by atoms with Gasteiger partial charge < -0.3 is 10.2 Å². The molecule has 0 aliphatic carbocycles. The predicted octanol–water partition coefficient (Wildman–Crippen LogP) is 3.28. The van der Waals surface area contributed by atoms with Crippen molar-refractivity contribution in [2.24, 2.45) is 0 Å². The van der Waals surface area contributed by atoms with Gasteiger partial charge in [0.1, 0.15) is 5.56 Å². The molecule has 0 fully saturated rings. The van der Waals surface area contributed by atoms with Crippen LogP contribution in [0.3, 0.4) is 0 Å². The van der Waals surface area contributed by atoms with E-state index in [4.69, 9.17) is 10.2 Å². The average molecular weight is 310 g/mol. The zero-order valence-corrected chi connectivity index (χ0v) is 10.7. The van der Waals surface area contributed by atoms with Crippen molar-refractivity contribution in [3.8, 4) is 22.6 Å². The molecule has 8 heteroatoms. The van der Waals surface area contributed by atoms with Crippen molar-refractivity contribution >= 4 is 11.9 Å². The van der Waals surface area contributed by atoms with E-state index in [0.29, 0.717) is 0 Å². The van der Waals surface area contributed by atoms with Gasteiger partial charge in [0, 0.05) is 14.6 Å². The molecule has 2 aromatic rings. The van der Waals surface area contributed by atoms with Gasteiger partial charge in [0.25, 0.3) is 0 Å². The van der Waals surface area contributed by atoms with E-state index < -0.39 is 29.0 Å². The molecule has 6 nitrogen and oxygen atoms in total. The summed E-state index contributed by atoms with van der Waals surface area (Å²) < 4.78 is 25.3. The van der Waals surface area contributed by atoms with Crippen LogP contribution < -0.4 is 9.88 Å². The highest BCUT2D eigenvalue weighted by molar-refractivity contribution is 5.94. The summed E-state index contributed by atoms with van der Waals surface area (Å²) in [6.45, 7) is 0. The van der Waals surface area contributed by atoms with Gasteiger partial charge in [-0.3, -0.25) is 9.88 Å². The van der Waals surface area contributed by atoms with Crippen molar-refractivity contribution in [1.82, 2.24) is 0 Å². The van der Waals surface area contributed by atoms with Crippen LogP contribution in [0.15, 0.2) is 36.4 Å². The van der Waals surface area contributed by atoms with Crippen LogP contribution in [0.2, 0.25) is 0 Å². The minimum atomic E-state index is -1.53. The summed E-state index contributed by atoms with van der Waals surface area (Å²) in [7, 11) is 0. The van der Waals surface area contributed by atoms with Crippen molar-refractivity contribution in [3.63, 3.8) is 0 Å². The van der Waals surface area contributed by atoms with Crippen molar-refractivity contribution in [3.05, 3.63) is 47.5 Å². The lowest BCUT2D eigenvalue weighted by Crippen LogP contribution is -2.01. The van der Waals surface area contributed by atoms with Crippen LogP contribution in [0.25, 0.3) is 11.1 Å². The Kier molecular flexibility index (Phi) is 4.21. The molecule has 0 unspecified atom stereocenters. The fraction of sp³-hybridized carbons (Fsp3) is 0. The van der Waals surface area contributed by atoms with Crippen LogP contribution in [-0.4, -0.2) is 22.2 Å². The van der Waals surface area contributed by atoms with Gasteiger partial charge in [-0.2, -0.15) is 0 Å². The maximum atomic E-state index is 12.7. The molecule has 0 aliphatic heterocycles. The summed E-state index contributed by atoms with van der Waals surface area (Å²) >= 11 is 0. The molecule has 0 bridgehead atoms. The molecule has 0 aromatic heterocycles. The first-order chi connectivity index (χ1) is 10.5. The maximum Gasteiger partial charge on any atom is 0.339 e. The predicted molar refractivity (Wildman–Crippen MR) is 69.3 cm³/mol. The molecule has 2 N–H and O–H groups in total. The minimum Gasteiger partial charge on any atom is -0.478 e. The summed E-state index contributed by atoms with van der Waals surface area (Å²) in [5, 5.41) is 17.7. The number of carboxylic acid groups (broad SMARTS) is 2. The molecule has 0 aliphatic rings. The smallest absolute Gasteiger partial charge is 0.339 e. The third kappa shape index (κ3) is 2.66. The quantitative estimate of drug-likeness (QED) is 0.880. The minimum absolute atomic E-state index is 0.00270. The van der Waals surface area contributed by atoms with Crippen molar-refractivity contribution < 1.29 is 38.7 Å². The van der Waals surface area contributed by atoms with Crippen LogP contribution >= 0.6 is 0 Å². The van der Waals surface area contributed by atoms with Crippen LogP contribution in [-0.2, 0) is 0 Å². The molecule has 22 heavy (non-hydrogen) atoms. The summed E-state index contributed by atoms with van der Waals surface area (Å²) in [5.74, 6) is -4.36. The number of halogens is 2. The molecular weight excluding hydrogens is 302 g/mol. The number of hydrogen-bond donors (Lipinski definition) is 2. The Labute approximate surface area is 121 Å². The highest BCUT2D eigenvalue weighted by atomic mass is 19.3. The third-order valence-electron chi connectivity index (χ3n) is 2.94. The van der Waals surface area contributed by atoms with Gasteiger partial charge in [-0.15, -0.1) is 0 Å². The monoisotopic (exact) mass is 310 g/mol. The molecule has 0 amide bonds. The molecule has 0 radical (unpaired) electrons. The second-order valence-electron chi connectivity index (χ2n) is 4.16. The summed E-state index contributed by atoms with van der Waals surface area (Å²) in [6.07, 6.45) is 0. The average Bonchev–Trinajstić information content (AvgIpc) is 2.53. The largest absolute Gasteiger partial charge is 0.478 e. The number of carbonyl (C=O) groups is 2. The highest BCUT2D eigenvalue weighted by Crippen LogP contribution is 2.41. The molecule has 0 atom stereocenters. The lowest BCUT2D eigenvalue weighted by atomic mass is 10.0. The number of aromatic carboxylic acids is 2. The molecule has 2 rings (SSSR count). The Morgan fingerprint density at radius 1 is 0.818 bits per heavy atom. The Balaban J connectivity index is 2.60. The van der Waals surface area contributed by atoms with E-state index in [1.54, 1.807) is 0 Å². The van der Waals surface area contributed by atoms with E-state index in [2.05, 4.69) is 9.88 Å². The van der Waals surface area contributed by atoms with Crippen LogP contribution in [0.4, 0.5) is 9.05 Å². The van der Waals surface area contributed by atoms with E-state index in [1.807, 2.05) is 0 Å². The summed E-state index contributed by atoms with van der Waals surface area (Å²) in [5.41, 5.74) is -0.346. The lowest BCUT2D eigenvalue weighted by Gasteiger charge is -2.10. The van der Waals surface area contributed by atoms with Gasteiger partial charge in [0.05, 0.1) is 5.56 Å². The first kappa shape index (κ1) is 15.2. The fourth-order valence-corrected chi connectivity index (χ4v) is 1.90. The highest BCUT2D eigenvalue weighted by Gasteiger charge is 2.23. The zero-order valence-electron chi connectivity index (χ0n) is 10.7. The first-order valence-electron chi connectivity index (χ1n) is 5.80. The molecule has 0 spiro atoms. The first-order valence-corrected chi connectivity index (χ1v) is 5.80. The SMILES string of the molecule is O=C(O)c1ccc(-c2ccc(C(=O)O)c(OF)c2OF)cc1. The molecule has 114 valence electrons. The fourth-order valence-electron chi connectivity index (χ4n) is 1.90. The maximum absolute atomic E-state index is 12.7. The number of hydrogen-bond acceptors (Lipinski definition) is 4. The van der Waals surface area contributed by atoms with Gasteiger partial charge in [-0.1, -0.05) is 12.1 Å². The van der Waals surface area contributed by atoms with E-state index in [1.165, 1.54) is 30.3 Å². The van der Waals surface area contributed by atoms with E-state index in [0.717, 1.165) is 6.07 Å².